The first kappa shape index (κ1) is 20.8. The molecule has 1 saturated carbocycles. The zero-order chi connectivity index (χ0) is 20.9. The van der Waals surface area contributed by atoms with Crippen LogP contribution in [0.15, 0.2) is 47.4 Å². The number of aryl methyl sites for hydroxylation is 1. The minimum atomic E-state index is -4.60. The van der Waals surface area contributed by atoms with Crippen LogP contribution in [-0.2, 0) is 22.6 Å². The van der Waals surface area contributed by atoms with Gasteiger partial charge in [0.15, 0.2) is 0 Å². The molecule has 0 spiro atoms. The van der Waals surface area contributed by atoms with Crippen molar-refractivity contribution < 1.29 is 26.0 Å². The number of alkyl halides is 3. The van der Waals surface area contributed by atoms with Crippen LogP contribution in [0, 0.1) is 17.2 Å². The van der Waals surface area contributed by atoms with E-state index in [-0.39, 0.29) is 34.1 Å². The summed E-state index contributed by atoms with van der Waals surface area (Å²) in [6.07, 6.45) is -3.89. The third-order valence-electron chi connectivity index (χ3n) is 5.72. The van der Waals surface area contributed by atoms with Crippen molar-refractivity contribution in [1.82, 2.24) is 0 Å². The first-order chi connectivity index (χ1) is 12.8. The van der Waals surface area contributed by atoms with E-state index in [1.807, 2.05) is 13.8 Å². The van der Waals surface area contributed by atoms with Crippen LogP contribution in [0.4, 0.5) is 17.6 Å². The predicted octanol–water partition coefficient (Wildman–Crippen LogP) is 4.86. The maximum Gasteiger partial charge on any atom is 0.416 e. The summed E-state index contributed by atoms with van der Waals surface area (Å²) in [4.78, 5) is 0.0207. The first-order valence-electron chi connectivity index (χ1n) is 8.80. The molecule has 2 atom stereocenters. The molecule has 3 nitrogen and oxygen atoms in total. The lowest BCUT2D eigenvalue weighted by Gasteiger charge is -2.13. The highest BCUT2D eigenvalue weighted by Crippen LogP contribution is 2.66. The molecule has 28 heavy (non-hydrogen) atoms. The third-order valence-corrected chi connectivity index (χ3v) is 6.65. The van der Waals surface area contributed by atoms with Gasteiger partial charge in [0.05, 0.1) is 10.5 Å². The fourth-order valence-corrected chi connectivity index (χ4v) is 4.67. The Morgan fingerprint density at radius 3 is 2.21 bits per heavy atom. The highest BCUT2D eigenvalue weighted by molar-refractivity contribution is 7.89. The number of primary sulfonamides is 1. The largest absolute Gasteiger partial charge is 0.416 e. The average Bonchev–Trinajstić information content (AvgIpc) is 3.13. The second kappa shape index (κ2) is 6.84. The summed E-state index contributed by atoms with van der Waals surface area (Å²) >= 11 is 0. The van der Waals surface area contributed by atoms with Gasteiger partial charge >= 0.3 is 6.18 Å². The summed E-state index contributed by atoms with van der Waals surface area (Å²) in [7, 11) is -3.77. The molecule has 3 rings (SSSR count). The molecule has 1 fully saturated rings. The molecule has 0 heterocycles. The smallest absolute Gasteiger partial charge is 0.225 e. The number of halogens is 4. The number of benzene rings is 2. The van der Waals surface area contributed by atoms with Crippen LogP contribution < -0.4 is 5.14 Å². The molecular weight excluding hydrogens is 394 g/mol. The van der Waals surface area contributed by atoms with E-state index < -0.39 is 27.6 Å². The highest BCUT2D eigenvalue weighted by atomic mass is 32.2. The zero-order valence-corrected chi connectivity index (χ0v) is 16.2. The van der Waals surface area contributed by atoms with Crippen molar-refractivity contribution in [2.75, 3.05) is 0 Å². The lowest BCUT2D eigenvalue weighted by Crippen LogP contribution is -2.11. The minimum absolute atomic E-state index is 0.0207. The van der Waals surface area contributed by atoms with Gasteiger partial charge in [-0.1, -0.05) is 32.0 Å². The van der Waals surface area contributed by atoms with Crippen LogP contribution in [0.5, 0.6) is 0 Å². The van der Waals surface area contributed by atoms with E-state index in [1.54, 1.807) is 12.1 Å². The van der Waals surface area contributed by atoms with E-state index in [4.69, 9.17) is 5.14 Å². The van der Waals surface area contributed by atoms with Crippen molar-refractivity contribution in [2.45, 2.75) is 43.7 Å². The van der Waals surface area contributed by atoms with Crippen LogP contribution in [0.2, 0.25) is 0 Å². The molecule has 0 radical (unpaired) electrons. The van der Waals surface area contributed by atoms with Gasteiger partial charge < -0.3 is 0 Å². The Hall–Kier alpha value is -1.93. The molecule has 1 aliphatic rings. The summed E-state index contributed by atoms with van der Waals surface area (Å²) in [6.45, 7) is 4.07. The molecule has 0 bridgehead atoms. The number of hydrogen-bond donors (Lipinski definition) is 1. The van der Waals surface area contributed by atoms with Gasteiger partial charge in [0.1, 0.15) is 5.82 Å². The summed E-state index contributed by atoms with van der Waals surface area (Å²) < 4.78 is 75.5. The van der Waals surface area contributed by atoms with Gasteiger partial charge in [0, 0.05) is 0 Å². The topological polar surface area (TPSA) is 60.2 Å². The van der Waals surface area contributed by atoms with E-state index in [1.165, 1.54) is 18.2 Å². The second-order valence-corrected chi connectivity index (χ2v) is 9.42. The molecule has 0 unspecified atom stereocenters. The van der Waals surface area contributed by atoms with Crippen molar-refractivity contribution >= 4 is 10.0 Å². The SMILES string of the molecule is CC1(C)[C@H](CCc2ccc(F)cc2C(F)(F)F)[C@H]1c1ccc(S(N)(=O)=O)cc1. The van der Waals surface area contributed by atoms with Gasteiger partial charge in [-0.2, -0.15) is 13.2 Å². The van der Waals surface area contributed by atoms with Crippen LogP contribution >= 0.6 is 0 Å². The second-order valence-electron chi connectivity index (χ2n) is 7.86. The van der Waals surface area contributed by atoms with Gasteiger partial charge in [-0.3, -0.25) is 0 Å². The van der Waals surface area contributed by atoms with E-state index >= 15 is 0 Å². The Balaban J connectivity index is 1.76. The Morgan fingerprint density at radius 1 is 1.07 bits per heavy atom. The van der Waals surface area contributed by atoms with Gasteiger partial charge in [-0.15, -0.1) is 0 Å². The molecular formula is C20H21F4NO2S. The molecule has 0 saturated heterocycles. The highest BCUT2D eigenvalue weighted by Gasteiger charge is 2.57. The third kappa shape index (κ3) is 4.07. The molecule has 152 valence electrons. The van der Waals surface area contributed by atoms with Crippen LogP contribution in [-0.4, -0.2) is 8.42 Å². The quantitative estimate of drug-likeness (QED) is 0.709. The normalized spacial score (nSPS) is 21.5. The number of sulfonamides is 1. The van der Waals surface area contributed by atoms with E-state index in [2.05, 4.69) is 0 Å². The molecule has 0 amide bonds. The van der Waals surface area contributed by atoms with Gasteiger partial charge in [-0.05, 0) is 65.5 Å². The van der Waals surface area contributed by atoms with Crippen LogP contribution in [0.3, 0.4) is 0 Å². The summed E-state index contributed by atoms with van der Waals surface area (Å²) in [5.41, 5.74) is -0.0425. The van der Waals surface area contributed by atoms with Gasteiger partial charge in [0.25, 0.3) is 0 Å². The Labute approximate surface area is 161 Å². The standard InChI is InChI=1S/C20H21F4NO2S/c1-19(2)16(18(19)13-4-8-15(9-5-13)28(25,26)27)10-6-12-3-7-14(21)11-17(12)20(22,23)24/h3-5,7-9,11,16,18H,6,10H2,1-2H3,(H2,25,26,27)/t16-,18-/m1/s1. The molecule has 2 aromatic carbocycles. The van der Waals surface area contributed by atoms with Crippen molar-refractivity contribution in [3.05, 3.63) is 65.0 Å². The van der Waals surface area contributed by atoms with Gasteiger partial charge in [-0.25, -0.2) is 17.9 Å². The number of hydrogen-bond acceptors (Lipinski definition) is 2. The van der Waals surface area contributed by atoms with E-state index in [0.29, 0.717) is 12.5 Å². The predicted molar refractivity (Wildman–Crippen MR) is 97.6 cm³/mol. The summed E-state index contributed by atoms with van der Waals surface area (Å²) in [5, 5.41) is 5.10. The Morgan fingerprint density at radius 2 is 1.68 bits per heavy atom. The molecule has 2 aromatic rings. The lowest BCUT2D eigenvalue weighted by molar-refractivity contribution is -0.138. The zero-order valence-electron chi connectivity index (χ0n) is 15.4. The first-order valence-corrected chi connectivity index (χ1v) is 10.3. The molecule has 8 heteroatoms. The Kier molecular flexibility index (Phi) is 5.08. The monoisotopic (exact) mass is 415 g/mol. The van der Waals surface area contributed by atoms with Crippen molar-refractivity contribution in [3.8, 4) is 0 Å². The van der Waals surface area contributed by atoms with E-state index in [0.717, 1.165) is 11.6 Å². The summed E-state index contributed by atoms with van der Waals surface area (Å²) in [6, 6.07) is 9.07. The fourth-order valence-electron chi connectivity index (χ4n) is 4.15. The maximum atomic E-state index is 13.3. The summed E-state index contributed by atoms with van der Waals surface area (Å²) in [5.74, 6) is -0.661. The number of nitrogens with two attached hydrogens (primary N) is 1. The molecule has 1 aliphatic carbocycles. The Bertz CT molecular complexity index is 982. The van der Waals surface area contributed by atoms with E-state index in [9.17, 15) is 26.0 Å². The van der Waals surface area contributed by atoms with Crippen LogP contribution in [0.25, 0.3) is 0 Å². The molecule has 2 N–H and O–H groups in total. The van der Waals surface area contributed by atoms with Gasteiger partial charge in [0.2, 0.25) is 10.0 Å². The minimum Gasteiger partial charge on any atom is -0.225 e. The average molecular weight is 415 g/mol. The fraction of sp³-hybridized carbons (Fsp3) is 0.400. The molecule has 0 aromatic heterocycles. The maximum absolute atomic E-state index is 13.3. The van der Waals surface area contributed by atoms with Crippen molar-refractivity contribution in [1.29, 1.82) is 0 Å². The van der Waals surface area contributed by atoms with Crippen molar-refractivity contribution in [2.24, 2.45) is 16.5 Å². The van der Waals surface area contributed by atoms with Crippen LogP contribution in [0.1, 0.15) is 42.9 Å². The number of rotatable bonds is 5. The van der Waals surface area contributed by atoms with Crippen molar-refractivity contribution in [3.63, 3.8) is 0 Å². The lowest BCUT2D eigenvalue weighted by atomic mass is 9.98. The molecule has 0 aliphatic heterocycles.